The smallest absolute Gasteiger partial charge is 0.128 e. The van der Waals surface area contributed by atoms with Crippen LogP contribution in [0.5, 0.6) is 0 Å². The first-order valence-corrected chi connectivity index (χ1v) is 7.73. The van der Waals surface area contributed by atoms with Crippen molar-refractivity contribution in [3.8, 4) is 0 Å². The maximum atomic E-state index is 14.1. The second-order valence-electron chi connectivity index (χ2n) is 4.84. The SMILES string of the molecule is CCN(Cc1ccncc1)C(CN)c1cc(Br)ccc1F. The molecular formula is C16H19BrFN3. The average Bonchev–Trinajstić information content (AvgIpc) is 2.51. The highest BCUT2D eigenvalue weighted by Gasteiger charge is 2.21. The fourth-order valence-electron chi connectivity index (χ4n) is 2.41. The molecule has 1 atom stereocenters. The fourth-order valence-corrected chi connectivity index (χ4v) is 2.79. The van der Waals surface area contributed by atoms with Gasteiger partial charge >= 0.3 is 0 Å². The quantitative estimate of drug-likeness (QED) is 0.865. The standard InChI is InChI=1S/C16H19BrFN3/c1-2-21(11-12-5-7-20-8-6-12)16(10-19)14-9-13(17)3-4-15(14)18/h3-9,16H,2,10-11,19H2,1H3. The Balaban J connectivity index is 2.27. The number of nitrogens with two attached hydrogens (primary N) is 1. The highest BCUT2D eigenvalue weighted by Crippen LogP contribution is 2.26. The van der Waals surface area contributed by atoms with Gasteiger partial charge in [-0.2, -0.15) is 0 Å². The summed E-state index contributed by atoms with van der Waals surface area (Å²) in [6, 6.07) is 8.76. The maximum Gasteiger partial charge on any atom is 0.128 e. The second-order valence-corrected chi connectivity index (χ2v) is 5.75. The summed E-state index contributed by atoms with van der Waals surface area (Å²) >= 11 is 3.40. The number of pyridine rings is 1. The van der Waals surface area contributed by atoms with Crippen LogP contribution in [0, 0.1) is 5.82 Å². The number of nitrogens with zero attached hydrogens (tertiary/aromatic N) is 2. The molecular weight excluding hydrogens is 333 g/mol. The lowest BCUT2D eigenvalue weighted by Crippen LogP contribution is -2.34. The van der Waals surface area contributed by atoms with Gasteiger partial charge in [-0.25, -0.2) is 4.39 Å². The Morgan fingerprint density at radius 2 is 2.00 bits per heavy atom. The molecule has 1 unspecified atom stereocenters. The van der Waals surface area contributed by atoms with Gasteiger partial charge in [0, 0.05) is 35.5 Å². The van der Waals surface area contributed by atoms with Crippen molar-refractivity contribution >= 4 is 15.9 Å². The molecule has 21 heavy (non-hydrogen) atoms. The number of halogens is 2. The molecule has 0 radical (unpaired) electrons. The first kappa shape index (κ1) is 16.1. The summed E-state index contributed by atoms with van der Waals surface area (Å²) in [5, 5.41) is 0. The topological polar surface area (TPSA) is 42.2 Å². The van der Waals surface area contributed by atoms with E-state index >= 15 is 0 Å². The lowest BCUT2D eigenvalue weighted by atomic mass is 10.0. The van der Waals surface area contributed by atoms with Crippen molar-refractivity contribution in [2.24, 2.45) is 5.73 Å². The van der Waals surface area contributed by atoms with Crippen LogP contribution >= 0.6 is 15.9 Å². The van der Waals surface area contributed by atoms with Gasteiger partial charge in [0.05, 0.1) is 6.04 Å². The number of hydrogen-bond acceptors (Lipinski definition) is 3. The highest BCUT2D eigenvalue weighted by molar-refractivity contribution is 9.10. The van der Waals surface area contributed by atoms with E-state index in [2.05, 4.69) is 32.7 Å². The monoisotopic (exact) mass is 351 g/mol. The summed E-state index contributed by atoms with van der Waals surface area (Å²) in [6.45, 7) is 3.93. The van der Waals surface area contributed by atoms with Crippen LogP contribution in [0.3, 0.4) is 0 Å². The fraction of sp³-hybridized carbons (Fsp3) is 0.312. The predicted octanol–water partition coefficient (Wildman–Crippen LogP) is 3.51. The first-order valence-electron chi connectivity index (χ1n) is 6.93. The summed E-state index contributed by atoms with van der Waals surface area (Å²) in [5.41, 5.74) is 7.69. The van der Waals surface area contributed by atoms with E-state index in [9.17, 15) is 4.39 Å². The molecule has 0 saturated carbocycles. The van der Waals surface area contributed by atoms with Crippen molar-refractivity contribution in [2.45, 2.75) is 19.5 Å². The Kier molecular flexibility index (Phi) is 5.85. The van der Waals surface area contributed by atoms with Gasteiger partial charge in [-0.15, -0.1) is 0 Å². The number of benzene rings is 1. The lowest BCUT2D eigenvalue weighted by Gasteiger charge is -2.30. The molecule has 1 heterocycles. The molecule has 2 aromatic rings. The molecule has 1 aromatic carbocycles. The van der Waals surface area contributed by atoms with Crippen molar-refractivity contribution in [3.05, 3.63) is 64.1 Å². The molecule has 0 fully saturated rings. The number of likely N-dealkylation sites (N-methyl/N-ethyl adjacent to an activating group) is 1. The zero-order valence-corrected chi connectivity index (χ0v) is 13.6. The molecule has 2 N–H and O–H groups in total. The summed E-state index contributed by atoms with van der Waals surface area (Å²) in [7, 11) is 0. The van der Waals surface area contributed by atoms with Gasteiger partial charge < -0.3 is 5.73 Å². The van der Waals surface area contributed by atoms with Crippen molar-refractivity contribution < 1.29 is 4.39 Å². The van der Waals surface area contributed by atoms with E-state index in [1.54, 1.807) is 18.5 Å². The van der Waals surface area contributed by atoms with Crippen molar-refractivity contribution in [2.75, 3.05) is 13.1 Å². The van der Waals surface area contributed by atoms with Crippen LogP contribution in [0.25, 0.3) is 0 Å². The van der Waals surface area contributed by atoms with Gasteiger partial charge in [0.1, 0.15) is 5.82 Å². The average molecular weight is 352 g/mol. The van der Waals surface area contributed by atoms with Gasteiger partial charge in [-0.05, 0) is 42.4 Å². The van der Waals surface area contributed by atoms with E-state index in [0.717, 1.165) is 16.6 Å². The van der Waals surface area contributed by atoms with Crippen LogP contribution in [0.4, 0.5) is 4.39 Å². The summed E-state index contributed by atoms with van der Waals surface area (Å²) < 4.78 is 15.0. The molecule has 0 amide bonds. The minimum absolute atomic E-state index is 0.152. The minimum Gasteiger partial charge on any atom is -0.329 e. The molecule has 0 saturated heterocycles. The molecule has 3 nitrogen and oxygen atoms in total. The predicted molar refractivity (Wildman–Crippen MR) is 86.2 cm³/mol. The number of hydrogen-bond donors (Lipinski definition) is 1. The largest absolute Gasteiger partial charge is 0.329 e. The molecule has 5 heteroatoms. The molecule has 2 rings (SSSR count). The van der Waals surface area contributed by atoms with E-state index in [4.69, 9.17) is 5.73 Å². The summed E-state index contributed by atoms with van der Waals surface area (Å²) in [5.74, 6) is -0.221. The molecule has 0 bridgehead atoms. The zero-order chi connectivity index (χ0) is 15.2. The minimum atomic E-state index is -0.221. The van der Waals surface area contributed by atoms with Crippen molar-refractivity contribution in [1.82, 2.24) is 9.88 Å². The normalized spacial score (nSPS) is 12.6. The Labute approximate surface area is 133 Å². The van der Waals surface area contributed by atoms with E-state index < -0.39 is 0 Å². The van der Waals surface area contributed by atoms with Crippen LogP contribution < -0.4 is 5.73 Å². The molecule has 0 aliphatic heterocycles. The lowest BCUT2D eigenvalue weighted by molar-refractivity contribution is 0.199. The van der Waals surface area contributed by atoms with Gasteiger partial charge in [0.25, 0.3) is 0 Å². The molecule has 0 spiro atoms. The van der Waals surface area contributed by atoms with E-state index in [1.165, 1.54) is 6.07 Å². The number of aromatic nitrogens is 1. The second kappa shape index (κ2) is 7.64. The Bertz CT molecular complexity index is 577. The summed E-state index contributed by atoms with van der Waals surface area (Å²) in [4.78, 5) is 6.18. The van der Waals surface area contributed by atoms with Crippen LogP contribution in [0.15, 0.2) is 47.2 Å². The highest BCUT2D eigenvalue weighted by atomic mass is 79.9. The third-order valence-electron chi connectivity index (χ3n) is 3.52. The zero-order valence-electron chi connectivity index (χ0n) is 12.0. The van der Waals surface area contributed by atoms with Gasteiger partial charge in [0.2, 0.25) is 0 Å². The van der Waals surface area contributed by atoms with E-state index in [1.807, 2.05) is 18.2 Å². The van der Waals surface area contributed by atoms with Crippen LogP contribution in [-0.2, 0) is 6.54 Å². The van der Waals surface area contributed by atoms with Crippen LogP contribution in [-0.4, -0.2) is 23.0 Å². The Hall–Kier alpha value is -1.30. The van der Waals surface area contributed by atoms with Crippen LogP contribution in [0.1, 0.15) is 24.1 Å². The number of rotatable bonds is 6. The Morgan fingerprint density at radius 3 is 2.62 bits per heavy atom. The third-order valence-corrected chi connectivity index (χ3v) is 4.02. The van der Waals surface area contributed by atoms with Gasteiger partial charge in [0.15, 0.2) is 0 Å². The maximum absolute atomic E-state index is 14.1. The molecule has 112 valence electrons. The van der Waals surface area contributed by atoms with E-state index in [0.29, 0.717) is 18.7 Å². The van der Waals surface area contributed by atoms with Gasteiger partial charge in [-0.3, -0.25) is 9.88 Å². The first-order chi connectivity index (χ1) is 10.2. The van der Waals surface area contributed by atoms with Crippen molar-refractivity contribution in [1.29, 1.82) is 0 Å². The molecule has 0 aliphatic carbocycles. The molecule has 1 aromatic heterocycles. The van der Waals surface area contributed by atoms with E-state index in [-0.39, 0.29) is 11.9 Å². The molecule has 0 aliphatic rings. The third kappa shape index (κ3) is 4.09. The van der Waals surface area contributed by atoms with Crippen LogP contribution in [0.2, 0.25) is 0 Å². The Morgan fingerprint density at radius 1 is 1.29 bits per heavy atom. The van der Waals surface area contributed by atoms with Gasteiger partial charge in [-0.1, -0.05) is 22.9 Å². The summed E-state index contributed by atoms with van der Waals surface area (Å²) in [6.07, 6.45) is 3.53. The van der Waals surface area contributed by atoms with Crippen molar-refractivity contribution in [3.63, 3.8) is 0 Å².